The van der Waals surface area contributed by atoms with Crippen molar-refractivity contribution in [2.24, 2.45) is 0 Å². The van der Waals surface area contributed by atoms with Crippen molar-refractivity contribution in [2.45, 2.75) is 97.8 Å². The van der Waals surface area contributed by atoms with Gasteiger partial charge < -0.3 is 14.0 Å². The van der Waals surface area contributed by atoms with Crippen molar-refractivity contribution in [2.75, 3.05) is 19.8 Å². The van der Waals surface area contributed by atoms with E-state index in [1.807, 2.05) is 0 Å². The summed E-state index contributed by atoms with van der Waals surface area (Å²) in [6.45, 7) is 8.91. The van der Waals surface area contributed by atoms with Gasteiger partial charge in [0.05, 0.1) is 0 Å². The van der Waals surface area contributed by atoms with E-state index in [0.717, 1.165) is 39.1 Å². The minimum atomic E-state index is -0.454. The fraction of sp³-hybridized carbons (Fsp3) is 1.00. The summed E-state index contributed by atoms with van der Waals surface area (Å²) in [7, 11) is -0.454. The van der Waals surface area contributed by atoms with Gasteiger partial charge in [0.1, 0.15) is 0 Å². The lowest BCUT2D eigenvalue weighted by Gasteiger charge is -2.14. The Morgan fingerprint density at radius 1 is 0.455 bits per heavy atom. The molecule has 0 aliphatic rings. The summed E-state index contributed by atoms with van der Waals surface area (Å²) >= 11 is 0. The maximum atomic E-state index is 5.76. The highest BCUT2D eigenvalue weighted by molar-refractivity contribution is 6.36. The van der Waals surface area contributed by atoms with E-state index in [0.29, 0.717) is 0 Å². The molecular formula is C18H39BO3. The van der Waals surface area contributed by atoms with Crippen LogP contribution in [0.5, 0.6) is 0 Å². The smallest absolute Gasteiger partial charge is 0.386 e. The van der Waals surface area contributed by atoms with E-state index in [9.17, 15) is 0 Å². The summed E-state index contributed by atoms with van der Waals surface area (Å²) in [6.07, 6.45) is 14.6. The van der Waals surface area contributed by atoms with Gasteiger partial charge in [0.2, 0.25) is 0 Å². The van der Waals surface area contributed by atoms with Gasteiger partial charge in [-0.2, -0.15) is 0 Å². The summed E-state index contributed by atoms with van der Waals surface area (Å²) in [5, 5.41) is 0. The molecule has 0 aromatic carbocycles. The van der Waals surface area contributed by atoms with Gasteiger partial charge in [-0.15, -0.1) is 0 Å². The highest BCUT2D eigenvalue weighted by Crippen LogP contribution is 2.05. The highest BCUT2D eigenvalue weighted by Gasteiger charge is 2.20. The van der Waals surface area contributed by atoms with Gasteiger partial charge in [0, 0.05) is 19.8 Å². The van der Waals surface area contributed by atoms with Crippen LogP contribution in [0, 0.1) is 0 Å². The van der Waals surface area contributed by atoms with Crippen LogP contribution < -0.4 is 0 Å². The first-order chi connectivity index (χ1) is 10.8. The third-order valence-electron chi connectivity index (χ3n) is 3.76. The highest BCUT2D eigenvalue weighted by atomic mass is 16.7. The Morgan fingerprint density at radius 3 is 1.05 bits per heavy atom. The molecule has 22 heavy (non-hydrogen) atoms. The molecule has 0 N–H and O–H groups in total. The predicted octanol–water partition coefficient (Wildman–Crippen LogP) is 5.76. The molecule has 0 aromatic rings. The lowest BCUT2D eigenvalue weighted by atomic mass is 10.1. The quantitative estimate of drug-likeness (QED) is 0.238. The SMILES string of the molecule is CCCCCCOB(OCCCCCC)OCCCCCC. The van der Waals surface area contributed by atoms with E-state index < -0.39 is 7.32 Å². The van der Waals surface area contributed by atoms with Crippen molar-refractivity contribution in [1.82, 2.24) is 0 Å². The maximum Gasteiger partial charge on any atom is 0.639 e. The molecule has 0 atom stereocenters. The zero-order chi connectivity index (χ0) is 16.3. The Balaban J connectivity index is 3.72. The second-order valence-electron chi connectivity index (χ2n) is 6.08. The topological polar surface area (TPSA) is 27.7 Å². The molecule has 4 heteroatoms. The van der Waals surface area contributed by atoms with Gasteiger partial charge in [-0.1, -0.05) is 78.6 Å². The van der Waals surface area contributed by atoms with Crippen LogP contribution in [0.2, 0.25) is 0 Å². The molecule has 0 saturated carbocycles. The predicted molar refractivity (Wildman–Crippen MR) is 96.0 cm³/mol. The van der Waals surface area contributed by atoms with Gasteiger partial charge in [-0.3, -0.25) is 0 Å². The van der Waals surface area contributed by atoms with Crippen molar-refractivity contribution in [3.05, 3.63) is 0 Å². The van der Waals surface area contributed by atoms with Crippen molar-refractivity contribution >= 4 is 7.32 Å². The largest absolute Gasteiger partial charge is 0.639 e. The summed E-state index contributed by atoms with van der Waals surface area (Å²) in [6, 6.07) is 0. The van der Waals surface area contributed by atoms with Crippen molar-refractivity contribution < 1.29 is 14.0 Å². The molecule has 0 saturated heterocycles. The zero-order valence-corrected chi connectivity index (χ0v) is 15.4. The normalized spacial score (nSPS) is 11.0. The van der Waals surface area contributed by atoms with Gasteiger partial charge in [0.25, 0.3) is 0 Å². The average Bonchev–Trinajstić information content (AvgIpc) is 2.53. The summed E-state index contributed by atoms with van der Waals surface area (Å²) in [4.78, 5) is 0. The van der Waals surface area contributed by atoms with E-state index in [1.54, 1.807) is 0 Å². The lowest BCUT2D eigenvalue weighted by Crippen LogP contribution is -2.28. The zero-order valence-electron chi connectivity index (χ0n) is 15.4. The number of hydrogen-bond acceptors (Lipinski definition) is 3. The first-order valence-electron chi connectivity index (χ1n) is 9.69. The molecule has 0 spiro atoms. The molecule has 0 aromatic heterocycles. The Morgan fingerprint density at radius 2 is 0.773 bits per heavy atom. The summed E-state index contributed by atoms with van der Waals surface area (Å²) in [5.74, 6) is 0. The van der Waals surface area contributed by atoms with Crippen LogP contribution in [0.25, 0.3) is 0 Å². The van der Waals surface area contributed by atoms with Crippen LogP contribution in [0.1, 0.15) is 97.8 Å². The van der Waals surface area contributed by atoms with Crippen LogP contribution >= 0.6 is 0 Å². The van der Waals surface area contributed by atoms with Crippen molar-refractivity contribution in [3.8, 4) is 0 Å². The van der Waals surface area contributed by atoms with Gasteiger partial charge in [0.15, 0.2) is 0 Å². The van der Waals surface area contributed by atoms with E-state index in [1.165, 1.54) is 57.8 Å². The van der Waals surface area contributed by atoms with E-state index in [-0.39, 0.29) is 0 Å². The Hall–Kier alpha value is -0.0551. The van der Waals surface area contributed by atoms with Gasteiger partial charge in [-0.25, -0.2) is 0 Å². The lowest BCUT2D eigenvalue weighted by molar-refractivity contribution is 0.0886. The fourth-order valence-electron chi connectivity index (χ4n) is 2.27. The molecular weight excluding hydrogens is 275 g/mol. The molecule has 0 aliphatic heterocycles. The number of rotatable bonds is 18. The minimum absolute atomic E-state index is 0.454. The van der Waals surface area contributed by atoms with Crippen LogP contribution in [0.15, 0.2) is 0 Å². The molecule has 0 bridgehead atoms. The molecule has 0 heterocycles. The maximum absolute atomic E-state index is 5.76. The second-order valence-corrected chi connectivity index (χ2v) is 6.08. The molecule has 0 radical (unpaired) electrons. The molecule has 0 unspecified atom stereocenters. The standard InChI is InChI=1S/C18H39BO3/c1-4-7-10-13-16-20-19(21-17-14-11-8-5-2)22-18-15-12-9-6-3/h4-18H2,1-3H3. The Bertz CT molecular complexity index is 169. The third kappa shape index (κ3) is 16.3. The molecule has 0 aliphatic carbocycles. The van der Waals surface area contributed by atoms with E-state index in [4.69, 9.17) is 14.0 Å². The third-order valence-corrected chi connectivity index (χ3v) is 3.76. The monoisotopic (exact) mass is 314 g/mol. The molecule has 132 valence electrons. The minimum Gasteiger partial charge on any atom is -0.386 e. The first kappa shape index (κ1) is 21.9. The number of hydrogen-bond donors (Lipinski definition) is 0. The van der Waals surface area contributed by atoms with Crippen LogP contribution in [-0.2, 0) is 14.0 Å². The van der Waals surface area contributed by atoms with Gasteiger partial charge >= 0.3 is 7.32 Å². The number of unbranched alkanes of at least 4 members (excludes halogenated alkanes) is 9. The second kappa shape index (κ2) is 19.0. The van der Waals surface area contributed by atoms with Crippen LogP contribution in [-0.4, -0.2) is 27.1 Å². The summed E-state index contributed by atoms with van der Waals surface area (Å²) in [5.41, 5.74) is 0. The Kier molecular flexibility index (Phi) is 18.9. The van der Waals surface area contributed by atoms with Crippen LogP contribution in [0.3, 0.4) is 0 Å². The fourth-order valence-corrected chi connectivity index (χ4v) is 2.27. The molecule has 3 nitrogen and oxygen atoms in total. The van der Waals surface area contributed by atoms with Gasteiger partial charge in [-0.05, 0) is 19.3 Å². The van der Waals surface area contributed by atoms with E-state index >= 15 is 0 Å². The van der Waals surface area contributed by atoms with Crippen molar-refractivity contribution in [1.29, 1.82) is 0 Å². The van der Waals surface area contributed by atoms with E-state index in [2.05, 4.69) is 20.8 Å². The molecule has 0 fully saturated rings. The summed E-state index contributed by atoms with van der Waals surface area (Å²) < 4.78 is 17.3. The molecule has 0 rings (SSSR count). The van der Waals surface area contributed by atoms with Crippen molar-refractivity contribution in [3.63, 3.8) is 0 Å². The Labute approximate surface area is 139 Å². The first-order valence-corrected chi connectivity index (χ1v) is 9.69. The molecule has 0 amide bonds. The van der Waals surface area contributed by atoms with Crippen LogP contribution in [0.4, 0.5) is 0 Å². The average molecular weight is 314 g/mol.